The second kappa shape index (κ2) is 8.16. The lowest BCUT2D eigenvalue weighted by atomic mass is 10.0. The minimum atomic E-state index is -1.23. The molecule has 2 aliphatic rings. The number of nitrogens with zero attached hydrogens (tertiary/aromatic N) is 1. The Kier molecular flexibility index (Phi) is 5.16. The molecular formula is C24H20F2N4O3. The van der Waals surface area contributed by atoms with Crippen molar-refractivity contribution >= 4 is 29.0 Å². The molecule has 168 valence electrons. The van der Waals surface area contributed by atoms with E-state index in [2.05, 4.69) is 20.9 Å². The summed E-state index contributed by atoms with van der Waals surface area (Å²) in [7, 11) is 0. The standard InChI is InChI=1S/C24H20F2N4O3/c25-14-1-3-15(4-2-14)29-22(31)24(9-10-24)23(32)30-16-5-6-20(18(26)13-16)33-19-8-12-28-21-17(19)7-11-27-21/h1-6,8,12-13H,7,9-11H2,(H,27,28)(H,29,31)(H,30,32). The fraction of sp³-hybridized carbons (Fsp3) is 0.208. The van der Waals surface area contributed by atoms with Crippen LogP contribution in [-0.2, 0) is 16.0 Å². The highest BCUT2D eigenvalue weighted by molar-refractivity contribution is 6.16. The molecule has 3 aromatic rings. The Morgan fingerprint density at radius 2 is 1.64 bits per heavy atom. The zero-order chi connectivity index (χ0) is 23.0. The molecule has 5 rings (SSSR count). The average molecular weight is 450 g/mol. The predicted octanol–water partition coefficient (Wildman–Crippen LogP) is 4.48. The number of hydrogen-bond acceptors (Lipinski definition) is 5. The van der Waals surface area contributed by atoms with Crippen molar-refractivity contribution in [3.63, 3.8) is 0 Å². The van der Waals surface area contributed by atoms with Crippen LogP contribution in [0.2, 0.25) is 0 Å². The van der Waals surface area contributed by atoms with Gasteiger partial charge in [0.25, 0.3) is 0 Å². The third-order valence-corrected chi connectivity index (χ3v) is 5.81. The van der Waals surface area contributed by atoms with Crippen LogP contribution in [0.3, 0.4) is 0 Å². The van der Waals surface area contributed by atoms with Crippen LogP contribution in [-0.4, -0.2) is 23.3 Å². The summed E-state index contributed by atoms with van der Waals surface area (Å²) in [5, 5.41) is 8.39. The molecule has 0 radical (unpaired) electrons. The number of fused-ring (bicyclic) bond motifs is 1. The number of amides is 2. The number of aromatic nitrogens is 1. The first kappa shape index (κ1) is 20.9. The van der Waals surface area contributed by atoms with E-state index in [1.165, 1.54) is 36.4 Å². The van der Waals surface area contributed by atoms with Crippen LogP contribution >= 0.6 is 0 Å². The summed E-state index contributed by atoms with van der Waals surface area (Å²) in [5.74, 6) is -0.805. The number of rotatable bonds is 6. The monoisotopic (exact) mass is 450 g/mol. The van der Waals surface area contributed by atoms with Crippen molar-refractivity contribution in [1.82, 2.24) is 4.98 Å². The van der Waals surface area contributed by atoms with Gasteiger partial charge in [0.2, 0.25) is 11.8 Å². The summed E-state index contributed by atoms with van der Waals surface area (Å²) in [6.45, 7) is 0.743. The van der Waals surface area contributed by atoms with Gasteiger partial charge >= 0.3 is 0 Å². The molecule has 33 heavy (non-hydrogen) atoms. The summed E-state index contributed by atoms with van der Waals surface area (Å²) in [6, 6.07) is 11.1. The highest BCUT2D eigenvalue weighted by atomic mass is 19.1. The molecule has 9 heteroatoms. The molecule has 1 aliphatic heterocycles. The summed E-state index contributed by atoms with van der Waals surface area (Å²) in [4.78, 5) is 29.7. The lowest BCUT2D eigenvalue weighted by molar-refractivity contribution is -0.131. The molecule has 2 heterocycles. The third-order valence-electron chi connectivity index (χ3n) is 5.81. The number of pyridine rings is 1. The fourth-order valence-electron chi connectivity index (χ4n) is 3.77. The van der Waals surface area contributed by atoms with Gasteiger partial charge in [-0.3, -0.25) is 9.59 Å². The largest absolute Gasteiger partial charge is 0.454 e. The SMILES string of the molecule is O=C(Nc1ccc(F)cc1)C1(C(=O)Nc2ccc(Oc3ccnc4c3CCN4)c(F)c2)CC1. The van der Waals surface area contributed by atoms with Gasteiger partial charge < -0.3 is 20.7 Å². The van der Waals surface area contributed by atoms with E-state index in [4.69, 9.17) is 4.74 Å². The van der Waals surface area contributed by atoms with Gasteiger partial charge in [-0.2, -0.15) is 0 Å². The van der Waals surface area contributed by atoms with Crippen LogP contribution in [0.25, 0.3) is 0 Å². The highest BCUT2D eigenvalue weighted by Crippen LogP contribution is 2.47. The molecule has 0 saturated heterocycles. The fourth-order valence-corrected chi connectivity index (χ4v) is 3.77. The molecular weight excluding hydrogens is 430 g/mol. The molecule has 2 aromatic carbocycles. The molecule has 0 atom stereocenters. The van der Waals surface area contributed by atoms with Crippen LogP contribution in [0.5, 0.6) is 11.5 Å². The van der Waals surface area contributed by atoms with E-state index in [0.29, 0.717) is 24.3 Å². The number of hydrogen-bond donors (Lipinski definition) is 3. The zero-order valence-electron chi connectivity index (χ0n) is 17.5. The maximum Gasteiger partial charge on any atom is 0.240 e. The number of nitrogens with one attached hydrogen (secondary N) is 3. The Bertz CT molecular complexity index is 1240. The Balaban J connectivity index is 1.26. The van der Waals surface area contributed by atoms with Crippen molar-refractivity contribution in [3.05, 3.63) is 71.9 Å². The molecule has 1 aromatic heterocycles. The number of halogens is 2. The average Bonchev–Trinajstić information content (AvgIpc) is 3.48. The van der Waals surface area contributed by atoms with Gasteiger partial charge in [0, 0.05) is 35.7 Å². The molecule has 1 fully saturated rings. The van der Waals surface area contributed by atoms with E-state index in [0.717, 1.165) is 30.4 Å². The molecule has 7 nitrogen and oxygen atoms in total. The van der Waals surface area contributed by atoms with Gasteiger partial charge in [0.05, 0.1) is 0 Å². The van der Waals surface area contributed by atoms with E-state index in [-0.39, 0.29) is 11.4 Å². The van der Waals surface area contributed by atoms with Crippen LogP contribution in [0.4, 0.5) is 26.0 Å². The molecule has 1 saturated carbocycles. The minimum Gasteiger partial charge on any atom is -0.454 e. The number of ether oxygens (including phenoxy) is 1. The van der Waals surface area contributed by atoms with Crippen molar-refractivity contribution in [2.45, 2.75) is 19.3 Å². The summed E-state index contributed by atoms with van der Waals surface area (Å²) >= 11 is 0. The van der Waals surface area contributed by atoms with Gasteiger partial charge in [0.15, 0.2) is 11.6 Å². The van der Waals surface area contributed by atoms with E-state index >= 15 is 0 Å². The number of anilines is 3. The highest BCUT2D eigenvalue weighted by Gasteiger charge is 2.56. The normalized spacial score (nSPS) is 15.2. The summed E-state index contributed by atoms with van der Waals surface area (Å²) in [6.07, 6.45) is 3.06. The molecule has 2 amide bonds. The minimum absolute atomic E-state index is 0.0171. The number of carbonyl (C=O) groups is 2. The molecule has 1 aliphatic carbocycles. The summed E-state index contributed by atoms with van der Waals surface area (Å²) in [5.41, 5.74) is 0.264. The first-order valence-corrected chi connectivity index (χ1v) is 10.5. The van der Waals surface area contributed by atoms with Gasteiger partial charge in [-0.25, -0.2) is 13.8 Å². The van der Waals surface area contributed by atoms with Gasteiger partial charge in [-0.05, 0) is 61.7 Å². The van der Waals surface area contributed by atoms with Crippen LogP contribution < -0.4 is 20.7 Å². The molecule has 0 spiro atoms. The first-order valence-electron chi connectivity index (χ1n) is 10.5. The van der Waals surface area contributed by atoms with Crippen molar-refractivity contribution in [2.24, 2.45) is 5.41 Å². The smallest absolute Gasteiger partial charge is 0.240 e. The van der Waals surface area contributed by atoms with E-state index in [1.54, 1.807) is 12.3 Å². The zero-order valence-corrected chi connectivity index (χ0v) is 17.5. The van der Waals surface area contributed by atoms with E-state index < -0.39 is 28.9 Å². The van der Waals surface area contributed by atoms with Gasteiger partial charge in [0.1, 0.15) is 22.8 Å². The Labute approximate surface area is 188 Å². The van der Waals surface area contributed by atoms with E-state index in [9.17, 15) is 18.4 Å². The lowest BCUT2D eigenvalue weighted by Crippen LogP contribution is -2.35. The quantitative estimate of drug-likeness (QED) is 0.482. The van der Waals surface area contributed by atoms with Crippen LogP contribution in [0, 0.1) is 17.0 Å². The lowest BCUT2D eigenvalue weighted by Gasteiger charge is -2.16. The first-order chi connectivity index (χ1) is 15.9. The van der Waals surface area contributed by atoms with Crippen LogP contribution in [0.15, 0.2) is 54.7 Å². The summed E-state index contributed by atoms with van der Waals surface area (Å²) < 4.78 is 33.5. The second-order valence-electron chi connectivity index (χ2n) is 8.06. The molecule has 0 unspecified atom stereocenters. The number of carbonyl (C=O) groups excluding carboxylic acids is 2. The Hall–Kier alpha value is -4.01. The maximum atomic E-state index is 14.7. The van der Waals surface area contributed by atoms with Crippen molar-refractivity contribution < 1.29 is 23.1 Å². The second-order valence-corrected chi connectivity index (χ2v) is 8.06. The van der Waals surface area contributed by atoms with Crippen LogP contribution in [0.1, 0.15) is 18.4 Å². The van der Waals surface area contributed by atoms with Crippen molar-refractivity contribution in [1.29, 1.82) is 0 Å². The third kappa shape index (κ3) is 4.09. The molecule has 0 bridgehead atoms. The van der Waals surface area contributed by atoms with Gasteiger partial charge in [-0.1, -0.05) is 0 Å². The topological polar surface area (TPSA) is 92.4 Å². The van der Waals surface area contributed by atoms with Crippen molar-refractivity contribution in [3.8, 4) is 11.5 Å². The molecule has 3 N–H and O–H groups in total. The number of benzene rings is 2. The Morgan fingerprint density at radius 3 is 2.33 bits per heavy atom. The van der Waals surface area contributed by atoms with Gasteiger partial charge in [-0.15, -0.1) is 0 Å². The maximum absolute atomic E-state index is 14.7. The van der Waals surface area contributed by atoms with E-state index in [1.807, 2.05) is 0 Å². The Morgan fingerprint density at radius 1 is 0.939 bits per heavy atom. The predicted molar refractivity (Wildman–Crippen MR) is 118 cm³/mol. The van der Waals surface area contributed by atoms with Crippen molar-refractivity contribution in [2.75, 3.05) is 22.5 Å².